The summed E-state index contributed by atoms with van der Waals surface area (Å²) in [6, 6.07) is 5.58. The second kappa shape index (κ2) is 5.54. The number of nitrogens with zero attached hydrogens (tertiary/aromatic N) is 1. The Labute approximate surface area is 89.5 Å². The minimum atomic E-state index is -0.307. The van der Waals surface area contributed by atoms with Gasteiger partial charge < -0.3 is 14.8 Å². The molecule has 0 saturated heterocycles. The zero-order valence-electron chi connectivity index (χ0n) is 9.03. The molecule has 0 fully saturated rings. The molecule has 82 valence electrons. The van der Waals surface area contributed by atoms with Crippen LogP contribution in [0.4, 0.5) is 0 Å². The molecule has 0 saturated carbocycles. The molecule has 0 amide bonds. The largest absolute Gasteiger partial charge is 0.449 e. The van der Waals surface area contributed by atoms with Crippen molar-refractivity contribution < 1.29 is 9.52 Å². The number of nitrogens with one attached hydrogen (secondary N) is 1. The van der Waals surface area contributed by atoms with Crippen LogP contribution in [0.3, 0.4) is 0 Å². The van der Waals surface area contributed by atoms with Gasteiger partial charge in [-0.1, -0.05) is 0 Å². The highest BCUT2D eigenvalue weighted by molar-refractivity contribution is 5.18. The molecule has 2 atom stereocenters. The van der Waals surface area contributed by atoms with Crippen molar-refractivity contribution in [1.29, 1.82) is 5.26 Å². The Morgan fingerprint density at radius 1 is 1.53 bits per heavy atom. The van der Waals surface area contributed by atoms with Crippen LogP contribution >= 0.6 is 0 Å². The Morgan fingerprint density at radius 3 is 2.80 bits per heavy atom. The summed E-state index contributed by atoms with van der Waals surface area (Å²) in [6.07, 6.45) is 0.394. The van der Waals surface area contributed by atoms with Crippen LogP contribution in [0.2, 0.25) is 0 Å². The smallest absolute Gasteiger partial charge is 0.203 e. The van der Waals surface area contributed by atoms with Crippen molar-refractivity contribution in [2.45, 2.75) is 39.0 Å². The second-order valence-electron chi connectivity index (χ2n) is 3.74. The average molecular weight is 208 g/mol. The molecule has 0 bridgehead atoms. The summed E-state index contributed by atoms with van der Waals surface area (Å²) in [5.41, 5.74) is 0. The number of aliphatic hydroxyl groups excluding tert-OH is 1. The predicted octanol–water partition coefficient (Wildman–Crippen LogP) is 1.40. The first-order chi connectivity index (χ1) is 7.11. The third-order valence-electron chi connectivity index (χ3n) is 2.09. The Morgan fingerprint density at radius 2 is 2.27 bits per heavy atom. The molecule has 1 aromatic rings. The van der Waals surface area contributed by atoms with E-state index >= 15 is 0 Å². The van der Waals surface area contributed by atoms with Gasteiger partial charge in [0, 0.05) is 6.04 Å². The first-order valence-electron chi connectivity index (χ1n) is 5.02. The van der Waals surface area contributed by atoms with Gasteiger partial charge in [-0.05, 0) is 32.4 Å². The summed E-state index contributed by atoms with van der Waals surface area (Å²) < 4.78 is 5.20. The summed E-state index contributed by atoms with van der Waals surface area (Å²) in [7, 11) is 0. The van der Waals surface area contributed by atoms with E-state index in [1.54, 1.807) is 19.1 Å². The van der Waals surface area contributed by atoms with Crippen LogP contribution in [0.5, 0.6) is 0 Å². The van der Waals surface area contributed by atoms with Crippen LogP contribution in [0.1, 0.15) is 31.8 Å². The maximum atomic E-state index is 9.16. The van der Waals surface area contributed by atoms with E-state index in [1.165, 1.54) is 0 Å². The topological polar surface area (TPSA) is 69.2 Å². The molecule has 0 spiro atoms. The fourth-order valence-corrected chi connectivity index (χ4v) is 1.40. The fraction of sp³-hybridized carbons (Fsp3) is 0.545. The van der Waals surface area contributed by atoms with Gasteiger partial charge in [0.15, 0.2) is 0 Å². The van der Waals surface area contributed by atoms with Gasteiger partial charge in [-0.2, -0.15) is 5.26 Å². The molecule has 0 aliphatic carbocycles. The minimum absolute atomic E-state index is 0.223. The van der Waals surface area contributed by atoms with Crippen molar-refractivity contribution in [2.24, 2.45) is 0 Å². The Balaban J connectivity index is 2.34. The molecule has 0 aliphatic rings. The number of rotatable bonds is 5. The van der Waals surface area contributed by atoms with E-state index in [2.05, 4.69) is 5.32 Å². The van der Waals surface area contributed by atoms with E-state index in [0.717, 1.165) is 5.76 Å². The highest BCUT2D eigenvalue weighted by atomic mass is 16.3. The van der Waals surface area contributed by atoms with E-state index in [1.807, 2.05) is 13.0 Å². The first kappa shape index (κ1) is 11.8. The molecule has 0 aromatic carbocycles. The fourth-order valence-electron chi connectivity index (χ4n) is 1.40. The molecule has 1 aromatic heterocycles. The lowest BCUT2D eigenvalue weighted by Gasteiger charge is -2.14. The normalized spacial score (nSPS) is 14.5. The Bertz CT molecular complexity index is 339. The van der Waals surface area contributed by atoms with Crippen LogP contribution in [-0.2, 0) is 6.54 Å². The molecule has 1 rings (SSSR count). The predicted molar refractivity (Wildman–Crippen MR) is 56.0 cm³/mol. The van der Waals surface area contributed by atoms with Crippen molar-refractivity contribution in [3.63, 3.8) is 0 Å². The van der Waals surface area contributed by atoms with Gasteiger partial charge in [-0.15, -0.1) is 0 Å². The molecule has 0 radical (unpaired) electrons. The van der Waals surface area contributed by atoms with E-state index in [9.17, 15) is 0 Å². The van der Waals surface area contributed by atoms with Gasteiger partial charge in [0.05, 0.1) is 12.6 Å². The number of hydrogen-bond acceptors (Lipinski definition) is 4. The van der Waals surface area contributed by atoms with Crippen LogP contribution in [0.15, 0.2) is 16.5 Å². The van der Waals surface area contributed by atoms with Gasteiger partial charge >= 0.3 is 0 Å². The first-order valence-corrected chi connectivity index (χ1v) is 5.02. The molecule has 2 N–H and O–H groups in total. The summed E-state index contributed by atoms with van der Waals surface area (Å²) in [5.74, 6) is 1.07. The van der Waals surface area contributed by atoms with E-state index in [4.69, 9.17) is 14.8 Å². The minimum Gasteiger partial charge on any atom is -0.449 e. The average Bonchev–Trinajstić information content (AvgIpc) is 2.61. The third kappa shape index (κ3) is 4.15. The molecule has 4 heteroatoms. The lowest BCUT2D eigenvalue weighted by molar-refractivity contribution is 0.170. The van der Waals surface area contributed by atoms with E-state index in [-0.39, 0.29) is 12.1 Å². The monoisotopic (exact) mass is 208 g/mol. The van der Waals surface area contributed by atoms with Gasteiger partial charge in [0.1, 0.15) is 11.8 Å². The van der Waals surface area contributed by atoms with Crippen molar-refractivity contribution in [2.75, 3.05) is 0 Å². The molecule has 4 nitrogen and oxygen atoms in total. The van der Waals surface area contributed by atoms with Crippen LogP contribution in [0.25, 0.3) is 0 Å². The van der Waals surface area contributed by atoms with E-state index in [0.29, 0.717) is 18.7 Å². The summed E-state index contributed by atoms with van der Waals surface area (Å²) >= 11 is 0. The van der Waals surface area contributed by atoms with Crippen LogP contribution < -0.4 is 5.32 Å². The third-order valence-corrected chi connectivity index (χ3v) is 2.09. The Kier molecular flexibility index (Phi) is 4.35. The van der Waals surface area contributed by atoms with Gasteiger partial charge in [0.2, 0.25) is 5.76 Å². The standard InChI is InChI=1S/C11H16N2O2/c1-8(5-9(2)14)13-7-11-4-3-10(6-12)15-11/h3-4,8-9,13-14H,5,7H2,1-2H3. The number of nitriles is 1. The maximum Gasteiger partial charge on any atom is 0.203 e. The highest BCUT2D eigenvalue weighted by Crippen LogP contribution is 2.07. The lowest BCUT2D eigenvalue weighted by Crippen LogP contribution is -2.28. The molecule has 0 aliphatic heterocycles. The van der Waals surface area contributed by atoms with Crippen molar-refractivity contribution >= 4 is 0 Å². The van der Waals surface area contributed by atoms with Crippen molar-refractivity contribution in [1.82, 2.24) is 5.32 Å². The number of hydrogen-bond donors (Lipinski definition) is 2. The number of aliphatic hydroxyl groups is 1. The van der Waals surface area contributed by atoms with Crippen molar-refractivity contribution in [3.8, 4) is 6.07 Å². The zero-order chi connectivity index (χ0) is 11.3. The quantitative estimate of drug-likeness (QED) is 0.767. The molecule has 1 heterocycles. The second-order valence-corrected chi connectivity index (χ2v) is 3.74. The zero-order valence-corrected chi connectivity index (χ0v) is 9.03. The van der Waals surface area contributed by atoms with Gasteiger partial charge in [0.25, 0.3) is 0 Å². The summed E-state index contributed by atoms with van der Waals surface area (Å²) in [4.78, 5) is 0. The summed E-state index contributed by atoms with van der Waals surface area (Å²) in [6.45, 7) is 4.34. The van der Waals surface area contributed by atoms with Crippen LogP contribution in [0, 0.1) is 11.3 Å². The molecule has 15 heavy (non-hydrogen) atoms. The summed E-state index contributed by atoms with van der Waals surface area (Å²) in [5, 5.41) is 20.9. The van der Waals surface area contributed by atoms with Gasteiger partial charge in [-0.25, -0.2) is 0 Å². The SMILES string of the molecule is CC(O)CC(C)NCc1ccc(C#N)o1. The van der Waals surface area contributed by atoms with E-state index < -0.39 is 0 Å². The van der Waals surface area contributed by atoms with Crippen LogP contribution in [-0.4, -0.2) is 17.3 Å². The number of furan rings is 1. The van der Waals surface area contributed by atoms with Crippen molar-refractivity contribution in [3.05, 3.63) is 23.7 Å². The molecular weight excluding hydrogens is 192 g/mol. The lowest BCUT2D eigenvalue weighted by atomic mass is 10.1. The Hall–Kier alpha value is -1.31. The molecule has 2 unspecified atom stereocenters. The maximum absolute atomic E-state index is 9.16. The molecular formula is C11H16N2O2. The highest BCUT2D eigenvalue weighted by Gasteiger charge is 2.07. The van der Waals surface area contributed by atoms with Gasteiger partial charge in [-0.3, -0.25) is 0 Å².